The molecule has 0 bridgehead atoms. The first kappa shape index (κ1) is 18.6. The highest BCUT2D eigenvalue weighted by atomic mass is 79.9. The number of carbonyl (C=O) groups is 2. The maximum Gasteiger partial charge on any atom is 0.259 e. The van der Waals surface area contributed by atoms with E-state index in [9.17, 15) is 14.7 Å². The van der Waals surface area contributed by atoms with E-state index in [1.165, 1.54) is 29.5 Å². The van der Waals surface area contributed by atoms with E-state index >= 15 is 0 Å². The Balaban J connectivity index is 1.63. The van der Waals surface area contributed by atoms with Crippen LogP contribution in [0.4, 0.5) is 11.4 Å². The average molecular weight is 430 g/mol. The van der Waals surface area contributed by atoms with Crippen molar-refractivity contribution in [2.24, 2.45) is 0 Å². The van der Waals surface area contributed by atoms with Gasteiger partial charge in [0.15, 0.2) is 0 Å². The molecule has 138 valence electrons. The van der Waals surface area contributed by atoms with Crippen molar-refractivity contribution >= 4 is 39.1 Å². The Morgan fingerprint density at radius 2 is 1.78 bits per heavy atom. The molecule has 0 aliphatic heterocycles. The zero-order valence-electron chi connectivity index (χ0n) is 14.3. The SMILES string of the molecule is CC(C(=O)Nc1ccc(NC(=O)c2ccc(Br)cc2O)cc1)n1cncn1. The van der Waals surface area contributed by atoms with E-state index in [-0.39, 0.29) is 17.2 Å². The van der Waals surface area contributed by atoms with Gasteiger partial charge in [0.05, 0.1) is 5.56 Å². The zero-order valence-corrected chi connectivity index (χ0v) is 15.8. The van der Waals surface area contributed by atoms with E-state index < -0.39 is 11.9 Å². The van der Waals surface area contributed by atoms with Crippen molar-refractivity contribution in [1.82, 2.24) is 14.8 Å². The van der Waals surface area contributed by atoms with Crippen LogP contribution in [0.1, 0.15) is 23.3 Å². The first-order valence-electron chi connectivity index (χ1n) is 7.99. The molecule has 2 aromatic carbocycles. The van der Waals surface area contributed by atoms with E-state index in [0.29, 0.717) is 15.8 Å². The largest absolute Gasteiger partial charge is 0.507 e. The molecular weight excluding hydrogens is 414 g/mol. The third kappa shape index (κ3) is 4.50. The number of benzene rings is 2. The summed E-state index contributed by atoms with van der Waals surface area (Å²) in [5, 5.41) is 19.3. The van der Waals surface area contributed by atoms with Gasteiger partial charge in [-0.05, 0) is 49.4 Å². The number of amides is 2. The van der Waals surface area contributed by atoms with Crippen LogP contribution in [0.25, 0.3) is 0 Å². The van der Waals surface area contributed by atoms with E-state index in [1.54, 1.807) is 37.3 Å². The van der Waals surface area contributed by atoms with Crippen LogP contribution in [-0.4, -0.2) is 31.7 Å². The molecule has 9 heteroatoms. The van der Waals surface area contributed by atoms with Gasteiger partial charge in [-0.3, -0.25) is 9.59 Å². The lowest BCUT2D eigenvalue weighted by molar-refractivity contribution is -0.119. The number of hydrogen-bond acceptors (Lipinski definition) is 5. The summed E-state index contributed by atoms with van der Waals surface area (Å²) in [5.74, 6) is -0.790. The quantitative estimate of drug-likeness (QED) is 0.576. The summed E-state index contributed by atoms with van der Waals surface area (Å²) in [7, 11) is 0. The van der Waals surface area contributed by atoms with Crippen LogP contribution in [0.15, 0.2) is 59.6 Å². The molecule has 1 aromatic heterocycles. The van der Waals surface area contributed by atoms with Crippen LogP contribution in [0, 0.1) is 0 Å². The van der Waals surface area contributed by atoms with Crippen LogP contribution in [0.5, 0.6) is 5.75 Å². The summed E-state index contributed by atoms with van der Waals surface area (Å²) in [5.41, 5.74) is 1.28. The number of aromatic nitrogens is 3. The van der Waals surface area contributed by atoms with Crippen LogP contribution in [0.2, 0.25) is 0 Å². The fourth-order valence-electron chi connectivity index (χ4n) is 2.32. The number of aromatic hydroxyl groups is 1. The minimum Gasteiger partial charge on any atom is -0.507 e. The first-order valence-corrected chi connectivity index (χ1v) is 8.78. The standard InChI is InChI=1S/C18H16BrN5O3/c1-11(24-10-20-9-21-24)17(26)22-13-3-5-14(6-4-13)23-18(27)15-7-2-12(19)8-16(15)25/h2-11,25H,1H3,(H,22,26)(H,23,27). The predicted octanol–water partition coefficient (Wildman–Crippen LogP) is 3.20. The van der Waals surface area contributed by atoms with Gasteiger partial charge in [-0.1, -0.05) is 15.9 Å². The number of hydrogen-bond donors (Lipinski definition) is 3. The summed E-state index contributed by atoms with van der Waals surface area (Å²) in [6, 6.07) is 10.8. The molecular formula is C18H16BrN5O3. The second-order valence-electron chi connectivity index (χ2n) is 5.73. The van der Waals surface area contributed by atoms with Gasteiger partial charge in [0.25, 0.3) is 5.91 Å². The highest BCUT2D eigenvalue weighted by Crippen LogP contribution is 2.23. The summed E-state index contributed by atoms with van der Waals surface area (Å²) in [4.78, 5) is 28.3. The number of nitrogens with one attached hydrogen (secondary N) is 2. The molecule has 3 N–H and O–H groups in total. The van der Waals surface area contributed by atoms with Gasteiger partial charge in [0.2, 0.25) is 5.91 Å². The van der Waals surface area contributed by atoms with Crippen molar-refractivity contribution in [3.8, 4) is 5.75 Å². The molecule has 0 saturated heterocycles. The van der Waals surface area contributed by atoms with Crippen LogP contribution in [-0.2, 0) is 4.79 Å². The van der Waals surface area contributed by atoms with Crippen molar-refractivity contribution in [2.45, 2.75) is 13.0 Å². The summed E-state index contributed by atoms with van der Waals surface area (Å²) in [6.07, 6.45) is 2.84. The third-order valence-corrected chi connectivity index (χ3v) is 4.32. The van der Waals surface area contributed by atoms with Crippen molar-refractivity contribution in [3.63, 3.8) is 0 Å². The Morgan fingerprint density at radius 1 is 1.11 bits per heavy atom. The summed E-state index contributed by atoms with van der Waals surface area (Å²) in [6.45, 7) is 1.71. The van der Waals surface area contributed by atoms with Crippen molar-refractivity contribution in [1.29, 1.82) is 0 Å². The normalized spacial score (nSPS) is 11.6. The summed E-state index contributed by atoms with van der Waals surface area (Å²) < 4.78 is 2.13. The van der Waals surface area contributed by atoms with Gasteiger partial charge in [-0.25, -0.2) is 9.67 Å². The number of anilines is 2. The van der Waals surface area contributed by atoms with E-state index in [1.807, 2.05) is 0 Å². The Bertz CT molecular complexity index is 958. The molecule has 1 heterocycles. The molecule has 1 atom stereocenters. The molecule has 0 fully saturated rings. The lowest BCUT2D eigenvalue weighted by Gasteiger charge is -2.12. The lowest BCUT2D eigenvalue weighted by atomic mass is 10.2. The first-order chi connectivity index (χ1) is 12.9. The molecule has 0 spiro atoms. The van der Waals surface area contributed by atoms with Gasteiger partial charge in [0.1, 0.15) is 24.4 Å². The molecule has 27 heavy (non-hydrogen) atoms. The molecule has 0 saturated carbocycles. The van der Waals surface area contributed by atoms with E-state index in [2.05, 4.69) is 36.6 Å². The van der Waals surface area contributed by atoms with Crippen molar-refractivity contribution in [2.75, 3.05) is 10.6 Å². The molecule has 3 rings (SSSR count). The smallest absolute Gasteiger partial charge is 0.259 e. The molecule has 8 nitrogen and oxygen atoms in total. The highest BCUT2D eigenvalue weighted by molar-refractivity contribution is 9.10. The predicted molar refractivity (Wildman–Crippen MR) is 104 cm³/mol. The minimum atomic E-state index is -0.507. The average Bonchev–Trinajstić information content (AvgIpc) is 3.17. The minimum absolute atomic E-state index is 0.118. The van der Waals surface area contributed by atoms with Crippen LogP contribution >= 0.6 is 15.9 Å². The molecule has 0 aliphatic rings. The van der Waals surface area contributed by atoms with Crippen molar-refractivity contribution in [3.05, 3.63) is 65.2 Å². The highest BCUT2D eigenvalue weighted by Gasteiger charge is 2.16. The number of phenolic OH excluding ortho intramolecular Hbond substituents is 1. The molecule has 2 amide bonds. The van der Waals surface area contributed by atoms with Gasteiger partial charge < -0.3 is 15.7 Å². The summed E-state index contributed by atoms with van der Waals surface area (Å²) >= 11 is 3.23. The Morgan fingerprint density at radius 3 is 2.37 bits per heavy atom. The third-order valence-electron chi connectivity index (χ3n) is 3.83. The van der Waals surface area contributed by atoms with Gasteiger partial charge >= 0.3 is 0 Å². The number of nitrogens with zero attached hydrogens (tertiary/aromatic N) is 3. The van der Waals surface area contributed by atoms with Gasteiger partial charge in [-0.2, -0.15) is 5.10 Å². The van der Waals surface area contributed by atoms with Crippen molar-refractivity contribution < 1.29 is 14.7 Å². The van der Waals surface area contributed by atoms with Gasteiger partial charge in [0, 0.05) is 15.8 Å². The zero-order chi connectivity index (χ0) is 19.4. The maximum absolute atomic E-state index is 12.3. The van der Waals surface area contributed by atoms with Crippen LogP contribution in [0.3, 0.4) is 0 Å². The second kappa shape index (κ2) is 8.00. The number of phenols is 1. The van der Waals surface area contributed by atoms with Gasteiger partial charge in [-0.15, -0.1) is 0 Å². The number of halogens is 1. The Kier molecular flexibility index (Phi) is 5.51. The molecule has 0 radical (unpaired) electrons. The fraction of sp³-hybridized carbons (Fsp3) is 0.111. The Labute approximate surface area is 163 Å². The topological polar surface area (TPSA) is 109 Å². The van der Waals surface area contributed by atoms with E-state index in [0.717, 1.165) is 0 Å². The fourth-order valence-corrected chi connectivity index (χ4v) is 2.67. The number of rotatable bonds is 5. The number of carbonyl (C=O) groups excluding carboxylic acids is 2. The lowest BCUT2D eigenvalue weighted by Crippen LogP contribution is -2.24. The maximum atomic E-state index is 12.3. The monoisotopic (exact) mass is 429 g/mol. The molecule has 0 aliphatic carbocycles. The molecule has 3 aromatic rings. The van der Waals surface area contributed by atoms with E-state index in [4.69, 9.17) is 0 Å². The Hall–Kier alpha value is -3.20. The second-order valence-corrected chi connectivity index (χ2v) is 6.65. The van der Waals surface area contributed by atoms with Crippen LogP contribution < -0.4 is 10.6 Å². The molecule has 1 unspecified atom stereocenters.